The topological polar surface area (TPSA) is 50.2 Å². The number of allylic oxidation sites excluding steroid dienone is 1. The Morgan fingerprint density at radius 1 is 1.30 bits per heavy atom. The number of alkyl halides is 1. The molecule has 1 saturated carbocycles. The Labute approximate surface area is 179 Å². The first-order valence-electron chi connectivity index (χ1n) is 8.84. The van der Waals surface area contributed by atoms with Gasteiger partial charge in [-0.3, -0.25) is 0 Å². The number of carboxylic acids is 1. The number of halogens is 3. The zero-order chi connectivity index (χ0) is 19.8. The fraction of sp³-hybridized carbons (Fsp3) is 0.400. The van der Waals surface area contributed by atoms with Crippen LogP contribution in [0.3, 0.4) is 0 Å². The number of carbonyl (C=O) groups is 1. The first-order chi connectivity index (χ1) is 12.9. The first-order valence-corrected chi connectivity index (χ1v) is 10.9. The van der Waals surface area contributed by atoms with Gasteiger partial charge in [-0.15, -0.1) is 22.9 Å². The second-order valence-electron chi connectivity index (χ2n) is 6.40. The SMILES string of the molecule is CCCc1ccc(C(=O)O)s1.Clc1cc(/C=C/[C@H]2CC[C@@H](Cl)C2)cc(Cl)n1. The van der Waals surface area contributed by atoms with E-state index < -0.39 is 5.97 Å². The Morgan fingerprint density at radius 3 is 2.52 bits per heavy atom. The van der Waals surface area contributed by atoms with Crippen LogP contribution in [0.4, 0.5) is 0 Å². The van der Waals surface area contributed by atoms with Gasteiger partial charge < -0.3 is 5.11 Å². The highest BCUT2D eigenvalue weighted by atomic mass is 35.5. The van der Waals surface area contributed by atoms with E-state index >= 15 is 0 Å². The van der Waals surface area contributed by atoms with Gasteiger partial charge in [0.2, 0.25) is 0 Å². The Morgan fingerprint density at radius 2 is 2.00 bits per heavy atom. The van der Waals surface area contributed by atoms with E-state index in [-0.39, 0.29) is 0 Å². The molecule has 2 aromatic rings. The zero-order valence-corrected chi connectivity index (χ0v) is 18.1. The summed E-state index contributed by atoms with van der Waals surface area (Å²) in [6.45, 7) is 2.08. The summed E-state index contributed by atoms with van der Waals surface area (Å²) >= 11 is 19.1. The molecule has 0 aliphatic heterocycles. The third kappa shape index (κ3) is 7.82. The van der Waals surface area contributed by atoms with Crippen molar-refractivity contribution in [3.8, 4) is 0 Å². The summed E-state index contributed by atoms with van der Waals surface area (Å²) in [5, 5.41) is 9.76. The molecule has 3 nitrogen and oxygen atoms in total. The molecule has 2 atom stereocenters. The minimum Gasteiger partial charge on any atom is -0.477 e. The molecule has 0 amide bonds. The molecule has 0 aromatic carbocycles. The molecule has 2 heterocycles. The van der Waals surface area contributed by atoms with Crippen molar-refractivity contribution in [3.05, 3.63) is 56.0 Å². The van der Waals surface area contributed by atoms with Crippen LogP contribution in [-0.2, 0) is 6.42 Å². The summed E-state index contributed by atoms with van der Waals surface area (Å²) in [5.74, 6) is -0.245. The number of thiophene rings is 1. The number of pyridine rings is 1. The average Bonchev–Trinajstić information content (AvgIpc) is 3.22. The Hall–Kier alpha value is -1.07. The number of aromatic carboxylic acids is 1. The predicted octanol–water partition coefficient (Wildman–Crippen LogP) is 7.21. The van der Waals surface area contributed by atoms with Crippen LogP contribution in [-0.4, -0.2) is 21.4 Å². The lowest BCUT2D eigenvalue weighted by molar-refractivity contribution is 0.0702. The molecule has 1 aliphatic carbocycles. The summed E-state index contributed by atoms with van der Waals surface area (Å²) < 4.78 is 0. The van der Waals surface area contributed by atoms with Crippen molar-refractivity contribution in [2.24, 2.45) is 5.92 Å². The van der Waals surface area contributed by atoms with Gasteiger partial charge in [0.15, 0.2) is 0 Å². The van der Waals surface area contributed by atoms with Gasteiger partial charge in [-0.05, 0) is 61.4 Å². The molecule has 27 heavy (non-hydrogen) atoms. The van der Waals surface area contributed by atoms with Gasteiger partial charge in [-0.2, -0.15) is 0 Å². The van der Waals surface area contributed by atoms with E-state index in [1.54, 1.807) is 18.2 Å². The first kappa shape index (κ1) is 22.2. The fourth-order valence-corrected chi connectivity index (χ4v) is 4.61. The summed E-state index contributed by atoms with van der Waals surface area (Å²) in [6.07, 6.45) is 9.61. The highest BCUT2D eigenvalue weighted by Crippen LogP contribution is 2.31. The minimum absolute atomic E-state index is 0.333. The molecule has 7 heteroatoms. The van der Waals surface area contributed by atoms with Crippen molar-refractivity contribution in [3.63, 3.8) is 0 Å². The number of nitrogens with zero attached hydrogens (tertiary/aromatic N) is 1. The highest BCUT2D eigenvalue weighted by Gasteiger charge is 2.20. The lowest BCUT2D eigenvalue weighted by atomic mass is 10.1. The molecule has 1 aliphatic rings. The van der Waals surface area contributed by atoms with Gasteiger partial charge >= 0.3 is 5.97 Å². The Balaban J connectivity index is 0.000000208. The summed E-state index contributed by atoms with van der Waals surface area (Å²) in [6, 6.07) is 7.16. The third-order valence-corrected chi connectivity index (χ3v) is 6.04. The lowest BCUT2D eigenvalue weighted by Crippen LogP contribution is -1.90. The van der Waals surface area contributed by atoms with Crippen molar-refractivity contribution in [1.29, 1.82) is 0 Å². The molecule has 0 saturated heterocycles. The maximum Gasteiger partial charge on any atom is 0.345 e. The van der Waals surface area contributed by atoms with Crippen LogP contribution >= 0.6 is 46.1 Å². The summed E-state index contributed by atoms with van der Waals surface area (Å²) in [5.41, 5.74) is 0.989. The maximum atomic E-state index is 10.4. The second-order valence-corrected chi connectivity index (χ2v) is 8.96. The van der Waals surface area contributed by atoms with E-state index in [0.717, 1.165) is 42.5 Å². The van der Waals surface area contributed by atoms with Crippen LogP contribution in [0, 0.1) is 5.92 Å². The van der Waals surface area contributed by atoms with Crippen LogP contribution < -0.4 is 0 Å². The van der Waals surface area contributed by atoms with Crippen molar-refractivity contribution < 1.29 is 9.90 Å². The van der Waals surface area contributed by atoms with Crippen molar-refractivity contribution >= 4 is 58.2 Å². The monoisotopic (exact) mass is 445 g/mol. The second kappa shape index (κ2) is 11.1. The average molecular weight is 447 g/mol. The van der Waals surface area contributed by atoms with Crippen LogP contribution in [0.25, 0.3) is 6.08 Å². The molecule has 2 aromatic heterocycles. The van der Waals surface area contributed by atoms with Crippen molar-refractivity contribution in [2.45, 2.75) is 44.4 Å². The molecule has 146 valence electrons. The van der Waals surface area contributed by atoms with Crippen molar-refractivity contribution in [2.75, 3.05) is 0 Å². The third-order valence-electron chi connectivity index (χ3n) is 4.12. The minimum atomic E-state index is -0.822. The molecule has 0 unspecified atom stereocenters. The number of rotatable bonds is 5. The quantitative estimate of drug-likeness (QED) is 0.390. The van der Waals surface area contributed by atoms with E-state index in [1.807, 2.05) is 12.1 Å². The number of aryl methyl sites for hydroxylation is 1. The predicted molar refractivity (Wildman–Crippen MR) is 116 cm³/mol. The molecule has 0 spiro atoms. The van der Waals surface area contributed by atoms with Crippen LogP contribution in [0.5, 0.6) is 0 Å². The van der Waals surface area contributed by atoms with Crippen LogP contribution in [0.2, 0.25) is 10.3 Å². The lowest BCUT2D eigenvalue weighted by Gasteiger charge is -2.01. The summed E-state index contributed by atoms with van der Waals surface area (Å²) in [7, 11) is 0. The molecular weight excluding hydrogens is 425 g/mol. The molecular formula is C20H22Cl3NO2S. The standard InChI is InChI=1S/C12H12Cl3N.C8H10O2S/c13-10-4-3-8(5-10)1-2-9-6-11(14)16-12(15)7-9;1-2-3-6-4-5-7(11-6)8(9)10/h1-2,6-8,10H,3-5H2;4-5H,2-3H2,1H3,(H,9,10)/b2-1+;/t8-,10+;/m0./s1. The smallest absolute Gasteiger partial charge is 0.345 e. The normalized spacial score (nSPS) is 19.1. The van der Waals surface area contributed by atoms with Gasteiger partial charge in [0.25, 0.3) is 0 Å². The molecule has 0 bridgehead atoms. The number of hydrogen-bond donors (Lipinski definition) is 1. The van der Waals surface area contributed by atoms with Crippen LogP contribution in [0.15, 0.2) is 30.3 Å². The zero-order valence-electron chi connectivity index (χ0n) is 15.0. The number of hydrogen-bond acceptors (Lipinski definition) is 3. The molecule has 1 N–H and O–H groups in total. The van der Waals surface area contributed by atoms with Crippen molar-refractivity contribution in [1.82, 2.24) is 4.98 Å². The van der Waals surface area contributed by atoms with Gasteiger partial charge in [0, 0.05) is 10.3 Å². The molecule has 1 fully saturated rings. The van der Waals surface area contributed by atoms with Crippen LogP contribution in [0.1, 0.15) is 52.7 Å². The van der Waals surface area contributed by atoms with Gasteiger partial charge in [-0.1, -0.05) is 48.7 Å². The van der Waals surface area contributed by atoms with E-state index in [2.05, 4.69) is 18.0 Å². The largest absolute Gasteiger partial charge is 0.477 e. The van der Waals surface area contributed by atoms with E-state index in [9.17, 15) is 4.79 Å². The van der Waals surface area contributed by atoms with Gasteiger partial charge in [0.1, 0.15) is 15.2 Å². The Kier molecular flexibility index (Phi) is 9.10. The van der Waals surface area contributed by atoms with E-state index in [4.69, 9.17) is 39.9 Å². The van der Waals surface area contributed by atoms with E-state index in [0.29, 0.717) is 26.5 Å². The molecule has 0 radical (unpaired) electrons. The molecule has 3 rings (SSSR count). The van der Waals surface area contributed by atoms with Gasteiger partial charge in [0.05, 0.1) is 0 Å². The Bertz CT molecular complexity index is 771. The van der Waals surface area contributed by atoms with E-state index in [1.165, 1.54) is 11.3 Å². The number of aromatic nitrogens is 1. The maximum absolute atomic E-state index is 10.4. The number of carboxylic acid groups (broad SMARTS) is 1. The fourth-order valence-electron chi connectivity index (χ4n) is 2.83. The highest BCUT2D eigenvalue weighted by molar-refractivity contribution is 7.13. The summed E-state index contributed by atoms with van der Waals surface area (Å²) in [4.78, 5) is 15.9. The van der Waals surface area contributed by atoms with Gasteiger partial charge in [-0.25, -0.2) is 9.78 Å².